The summed E-state index contributed by atoms with van der Waals surface area (Å²) in [4.78, 5) is 39.7. The number of nitrogens with zero attached hydrogens (tertiary/aromatic N) is 1. The molecular formula is C28H28N2O6. The van der Waals surface area contributed by atoms with Crippen LogP contribution in [0.5, 0.6) is 11.5 Å². The summed E-state index contributed by atoms with van der Waals surface area (Å²) in [7, 11) is 0. The highest BCUT2D eigenvalue weighted by molar-refractivity contribution is 5.99. The van der Waals surface area contributed by atoms with Crippen LogP contribution in [-0.2, 0) is 20.9 Å². The lowest BCUT2D eigenvalue weighted by molar-refractivity contribution is -0.148. The molecule has 2 amide bonds. The molecule has 1 unspecified atom stereocenters. The molecule has 8 nitrogen and oxygen atoms in total. The Morgan fingerprint density at radius 1 is 0.861 bits per heavy atom. The van der Waals surface area contributed by atoms with Crippen molar-refractivity contribution in [3.05, 3.63) is 96.1 Å². The van der Waals surface area contributed by atoms with Crippen LogP contribution in [0.4, 0.5) is 0 Å². The van der Waals surface area contributed by atoms with Gasteiger partial charge in [0.25, 0.3) is 5.91 Å². The van der Waals surface area contributed by atoms with Crippen LogP contribution in [0.15, 0.2) is 84.9 Å². The van der Waals surface area contributed by atoms with Gasteiger partial charge in [-0.3, -0.25) is 14.4 Å². The van der Waals surface area contributed by atoms with Crippen LogP contribution in [0.25, 0.3) is 0 Å². The fourth-order valence-electron chi connectivity index (χ4n) is 3.83. The number of esters is 1. The van der Waals surface area contributed by atoms with Gasteiger partial charge in [-0.25, -0.2) is 0 Å². The minimum Gasteiger partial charge on any atom is -0.490 e. The molecule has 0 aromatic heterocycles. The molecule has 36 heavy (non-hydrogen) atoms. The summed E-state index contributed by atoms with van der Waals surface area (Å²) < 4.78 is 16.6. The number of benzene rings is 3. The van der Waals surface area contributed by atoms with Crippen LogP contribution >= 0.6 is 0 Å². The van der Waals surface area contributed by atoms with Crippen LogP contribution in [0.2, 0.25) is 0 Å². The Bertz CT molecular complexity index is 1170. The number of carbonyl (C=O) groups is 3. The van der Waals surface area contributed by atoms with Crippen molar-refractivity contribution >= 4 is 17.8 Å². The van der Waals surface area contributed by atoms with Gasteiger partial charge in [0.2, 0.25) is 5.91 Å². The van der Waals surface area contributed by atoms with E-state index in [0.717, 1.165) is 5.56 Å². The van der Waals surface area contributed by atoms with Gasteiger partial charge in [-0.1, -0.05) is 54.6 Å². The Hall–Kier alpha value is -4.33. The first kappa shape index (κ1) is 24.8. The van der Waals surface area contributed by atoms with E-state index in [1.807, 2.05) is 48.5 Å². The van der Waals surface area contributed by atoms with Crippen molar-refractivity contribution in [1.29, 1.82) is 0 Å². The Labute approximate surface area is 209 Å². The number of piperazine rings is 1. The molecule has 8 heteroatoms. The summed E-state index contributed by atoms with van der Waals surface area (Å²) in [5, 5.41) is 2.72. The Kier molecular flexibility index (Phi) is 8.53. The van der Waals surface area contributed by atoms with E-state index in [2.05, 4.69) is 5.32 Å². The third-order valence-electron chi connectivity index (χ3n) is 5.64. The lowest BCUT2D eigenvalue weighted by atomic mass is 10.1. The highest BCUT2D eigenvalue weighted by Crippen LogP contribution is 2.20. The first-order valence-corrected chi connectivity index (χ1v) is 11.8. The van der Waals surface area contributed by atoms with E-state index >= 15 is 0 Å². The Balaban J connectivity index is 1.33. The number of carbonyl (C=O) groups excluding carboxylic acids is 3. The van der Waals surface area contributed by atoms with Crippen molar-refractivity contribution in [2.45, 2.75) is 19.1 Å². The van der Waals surface area contributed by atoms with Gasteiger partial charge in [0.05, 0.1) is 6.42 Å². The van der Waals surface area contributed by atoms with Crippen molar-refractivity contribution in [3.63, 3.8) is 0 Å². The van der Waals surface area contributed by atoms with Crippen molar-refractivity contribution in [2.75, 3.05) is 26.3 Å². The van der Waals surface area contributed by atoms with E-state index in [4.69, 9.17) is 14.2 Å². The normalized spacial score (nSPS) is 15.1. The molecule has 4 rings (SSSR count). The second-order valence-electron chi connectivity index (χ2n) is 8.19. The molecule has 186 valence electrons. The lowest BCUT2D eigenvalue weighted by Crippen LogP contribution is -2.57. The van der Waals surface area contributed by atoms with Gasteiger partial charge in [0.1, 0.15) is 37.4 Å². The zero-order chi connectivity index (χ0) is 25.2. The van der Waals surface area contributed by atoms with E-state index in [1.165, 1.54) is 4.90 Å². The van der Waals surface area contributed by atoms with Crippen molar-refractivity contribution < 1.29 is 28.6 Å². The van der Waals surface area contributed by atoms with Gasteiger partial charge in [0, 0.05) is 18.7 Å². The van der Waals surface area contributed by atoms with Gasteiger partial charge in [0.15, 0.2) is 0 Å². The second-order valence-corrected chi connectivity index (χ2v) is 8.19. The van der Waals surface area contributed by atoms with Gasteiger partial charge in [-0.05, 0) is 35.9 Å². The van der Waals surface area contributed by atoms with Gasteiger partial charge >= 0.3 is 5.97 Å². The fraction of sp³-hybridized carbons (Fsp3) is 0.250. The molecule has 1 heterocycles. The minimum absolute atomic E-state index is 0.0385. The Morgan fingerprint density at radius 2 is 1.58 bits per heavy atom. The van der Waals surface area contributed by atoms with E-state index in [9.17, 15) is 14.4 Å². The van der Waals surface area contributed by atoms with Gasteiger partial charge in [-0.15, -0.1) is 0 Å². The zero-order valence-electron chi connectivity index (χ0n) is 19.8. The molecule has 1 N–H and O–H groups in total. The first-order chi connectivity index (χ1) is 17.6. The van der Waals surface area contributed by atoms with E-state index in [1.54, 1.807) is 36.4 Å². The molecule has 0 saturated carbocycles. The highest BCUT2D eigenvalue weighted by Gasteiger charge is 2.35. The predicted octanol–water partition coefficient (Wildman–Crippen LogP) is 3.22. The molecule has 0 radical (unpaired) electrons. The number of rotatable bonds is 10. The maximum absolute atomic E-state index is 13.3. The maximum atomic E-state index is 13.3. The van der Waals surface area contributed by atoms with Crippen LogP contribution in [0, 0.1) is 0 Å². The quantitative estimate of drug-likeness (QED) is 0.348. The summed E-state index contributed by atoms with van der Waals surface area (Å²) in [5.41, 5.74) is 1.39. The number of hydrogen-bond donors (Lipinski definition) is 1. The van der Waals surface area contributed by atoms with E-state index in [0.29, 0.717) is 30.2 Å². The van der Waals surface area contributed by atoms with E-state index in [-0.39, 0.29) is 38.0 Å². The fourth-order valence-corrected chi connectivity index (χ4v) is 3.83. The number of para-hydroxylation sites is 1. The van der Waals surface area contributed by atoms with Crippen LogP contribution in [-0.4, -0.2) is 55.0 Å². The number of hydrogen-bond acceptors (Lipinski definition) is 6. The summed E-state index contributed by atoms with van der Waals surface area (Å²) in [5.74, 6) is -0.0947. The molecule has 1 saturated heterocycles. The van der Waals surface area contributed by atoms with Crippen LogP contribution < -0.4 is 14.8 Å². The summed E-state index contributed by atoms with van der Waals surface area (Å²) in [6.07, 6.45) is -0.243. The number of ether oxygens (including phenoxy) is 3. The van der Waals surface area contributed by atoms with Crippen LogP contribution in [0.1, 0.15) is 22.3 Å². The third-order valence-corrected chi connectivity index (χ3v) is 5.64. The smallest absolute Gasteiger partial charge is 0.308 e. The average Bonchev–Trinajstić information content (AvgIpc) is 2.92. The van der Waals surface area contributed by atoms with Crippen molar-refractivity contribution in [3.8, 4) is 11.5 Å². The topological polar surface area (TPSA) is 94.2 Å². The second kappa shape index (κ2) is 12.4. The summed E-state index contributed by atoms with van der Waals surface area (Å²) >= 11 is 0. The molecule has 3 aromatic carbocycles. The first-order valence-electron chi connectivity index (χ1n) is 11.8. The van der Waals surface area contributed by atoms with Gasteiger partial charge in [-0.2, -0.15) is 0 Å². The standard InChI is InChI=1S/C28H28N2O6/c31-26(35-17-16-34-23-11-5-2-6-12-23)19-25-27(32)29-14-15-30(25)28(33)22-10-7-13-24(18-22)36-20-21-8-3-1-4-9-21/h1-13,18,25H,14-17,19-20H2,(H,29,32). The molecule has 0 aliphatic carbocycles. The average molecular weight is 489 g/mol. The SMILES string of the molecule is O=C(CC1C(=O)NCCN1C(=O)c1cccc(OCc2ccccc2)c1)OCCOc1ccccc1. The third kappa shape index (κ3) is 6.85. The van der Waals surface area contributed by atoms with E-state index < -0.39 is 12.0 Å². The minimum atomic E-state index is -0.956. The highest BCUT2D eigenvalue weighted by atomic mass is 16.6. The largest absolute Gasteiger partial charge is 0.490 e. The summed E-state index contributed by atoms with van der Waals surface area (Å²) in [6.45, 7) is 1.19. The molecule has 0 spiro atoms. The lowest BCUT2D eigenvalue weighted by Gasteiger charge is -2.34. The summed E-state index contributed by atoms with van der Waals surface area (Å²) in [6, 6.07) is 24.8. The molecular weight excluding hydrogens is 460 g/mol. The molecule has 0 bridgehead atoms. The predicted molar refractivity (Wildman–Crippen MR) is 133 cm³/mol. The monoisotopic (exact) mass is 488 g/mol. The number of nitrogens with one attached hydrogen (secondary N) is 1. The number of amides is 2. The van der Waals surface area contributed by atoms with Crippen molar-refractivity contribution in [2.24, 2.45) is 0 Å². The molecule has 1 fully saturated rings. The Morgan fingerprint density at radius 3 is 2.36 bits per heavy atom. The zero-order valence-corrected chi connectivity index (χ0v) is 19.8. The maximum Gasteiger partial charge on any atom is 0.308 e. The molecule has 1 aliphatic heterocycles. The van der Waals surface area contributed by atoms with Crippen molar-refractivity contribution in [1.82, 2.24) is 10.2 Å². The molecule has 1 atom stereocenters. The molecule has 1 aliphatic rings. The molecule has 3 aromatic rings. The van der Waals surface area contributed by atoms with Gasteiger partial charge < -0.3 is 24.4 Å². The van der Waals surface area contributed by atoms with Crippen LogP contribution in [0.3, 0.4) is 0 Å².